The van der Waals surface area contributed by atoms with E-state index in [-0.39, 0.29) is 36.1 Å². The van der Waals surface area contributed by atoms with Crippen molar-refractivity contribution in [2.45, 2.75) is 92.3 Å². The highest BCUT2D eigenvalue weighted by Crippen LogP contribution is 2.32. The third kappa shape index (κ3) is 6.02. The van der Waals surface area contributed by atoms with Crippen LogP contribution < -0.4 is 5.32 Å². The molecule has 1 saturated heterocycles. The van der Waals surface area contributed by atoms with E-state index < -0.39 is 6.04 Å². The highest BCUT2D eigenvalue weighted by Gasteiger charge is 2.42. The molecule has 2 aromatic heterocycles. The van der Waals surface area contributed by atoms with Crippen LogP contribution >= 0.6 is 0 Å². The number of aryl methyl sites for hydroxylation is 2. The number of amides is 2. The molecule has 1 fully saturated rings. The smallest absolute Gasteiger partial charge is 0.245 e. The maximum atomic E-state index is 13.7. The number of nitrogens with zero attached hydrogens (tertiary/aromatic N) is 5. The molecule has 3 heterocycles. The van der Waals surface area contributed by atoms with E-state index in [1.807, 2.05) is 32.9 Å². The number of nitrogens with one attached hydrogen (secondary N) is 1. The molecule has 208 valence electrons. The zero-order valence-electron chi connectivity index (χ0n) is 24.0. The Balaban J connectivity index is 1.61. The number of carbonyl (C=O) groups is 3. The first-order valence-corrected chi connectivity index (χ1v) is 14.0. The van der Waals surface area contributed by atoms with Crippen molar-refractivity contribution in [2.24, 2.45) is 5.92 Å². The number of unbranched alkanes of at least 4 members (excludes halogenated alkanes) is 3. The van der Waals surface area contributed by atoms with Gasteiger partial charge in [0.1, 0.15) is 24.1 Å². The Morgan fingerprint density at radius 2 is 1.74 bits per heavy atom. The van der Waals surface area contributed by atoms with Crippen molar-refractivity contribution in [1.29, 1.82) is 0 Å². The minimum Gasteiger partial charge on any atom is -0.354 e. The fourth-order valence-corrected chi connectivity index (χ4v) is 5.56. The number of hydrogen-bond donors (Lipinski definition) is 1. The zero-order chi connectivity index (χ0) is 28.3. The first kappa shape index (κ1) is 28.4. The average molecular weight is 533 g/mol. The van der Waals surface area contributed by atoms with E-state index in [9.17, 15) is 14.4 Å². The standard InChI is InChI=1S/C30H40N6O3/c1-7-8-9-10-11-31-30(39)26-13-18(2)20(4)36(26)27(38)17-35-29-19(3)12-23(24-15-32-22(6)33-16-24)14-25(29)28(34-35)21(5)37/h12,14-16,18,20,26H,7-11,13,17H2,1-6H3,(H,31,39)/t18-,20+,26-/m0/s1. The molecule has 0 saturated carbocycles. The summed E-state index contributed by atoms with van der Waals surface area (Å²) in [5.41, 5.74) is 3.67. The number of rotatable bonds is 10. The summed E-state index contributed by atoms with van der Waals surface area (Å²) >= 11 is 0. The Morgan fingerprint density at radius 3 is 2.41 bits per heavy atom. The van der Waals surface area contributed by atoms with E-state index >= 15 is 0 Å². The van der Waals surface area contributed by atoms with E-state index in [4.69, 9.17) is 0 Å². The van der Waals surface area contributed by atoms with Crippen LogP contribution in [0.5, 0.6) is 0 Å². The second-order valence-corrected chi connectivity index (χ2v) is 10.9. The Kier molecular flexibility index (Phi) is 8.77. The summed E-state index contributed by atoms with van der Waals surface area (Å²) in [7, 11) is 0. The van der Waals surface area contributed by atoms with Gasteiger partial charge in [-0.25, -0.2) is 9.97 Å². The summed E-state index contributed by atoms with van der Waals surface area (Å²) in [4.78, 5) is 49.7. The maximum Gasteiger partial charge on any atom is 0.245 e. The number of likely N-dealkylation sites (tertiary alicyclic amines) is 1. The lowest BCUT2D eigenvalue weighted by Gasteiger charge is -2.28. The fraction of sp³-hybridized carbons (Fsp3) is 0.533. The van der Waals surface area contributed by atoms with Gasteiger partial charge in [-0.15, -0.1) is 0 Å². The van der Waals surface area contributed by atoms with Crippen LogP contribution in [0.1, 0.15) is 81.7 Å². The normalized spacial score (nSPS) is 19.0. The molecule has 3 atom stereocenters. The van der Waals surface area contributed by atoms with Gasteiger partial charge in [0, 0.05) is 42.9 Å². The van der Waals surface area contributed by atoms with Gasteiger partial charge in [-0.05, 0) is 62.8 Å². The van der Waals surface area contributed by atoms with Crippen molar-refractivity contribution in [3.05, 3.63) is 41.6 Å². The summed E-state index contributed by atoms with van der Waals surface area (Å²) in [6.07, 6.45) is 8.46. The SMILES string of the molecule is CCCCCCNC(=O)[C@@H]1C[C@H](C)[C@@H](C)N1C(=O)Cn1nc(C(C)=O)c2cc(-c3cnc(C)nc3)cc(C)c21. The number of ketones is 1. The van der Waals surface area contributed by atoms with Gasteiger partial charge in [-0.2, -0.15) is 5.10 Å². The molecule has 0 aliphatic carbocycles. The molecule has 0 radical (unpaired) electrons. The maximum absolute atomic E-state index is 13.7. The monoisotopic (exact) mass is 532 g/mol. The molecule has 1 aliphatic heterocycles. The largest absolute Gasteiger partial charge is 0.354 e. The van der Waals surface area contributed by atoms with Gasteiger partial charge in [-0.1, -0.05) is 33.1 Å². The predicted molar refractivity (Wildman–Crippen MR) is 151 cm³/mol. The second kappa shape index (κ2) is 12.1. The summed E-state index contributed by atoms with van der Waals surface area (Å²) in [5.74, 6) is 0.445. The minimum atomic E-state index is -0.503. The molecule has 3 aromatic rings. The molecule has 9 nitrogen and oxygen atoms in total. The van der Waals surface area contributed by atoms with E-state index in [1.54, 1.807) is 22.0 Å². The van der Waals surface area contributed by atoms with Gasteiger partial charge < -0.3 is 10.2 Å². The number of Topliss-reactive ketones (excluding diaryl/α,β-unsaturated/α-hetero) is 1. The number of hydrogen-bond acceptors (Lipinski definition) is 6. The first-order chi connectivity index (χ1) is 18.6. The molecule has 0 bridgehead atoms. The first-order valence-electron chi connectivity index (χ1n) is 14.0. The third-order valence-electron chi connectivity index (χ3n) is 7.88. The molecular formula is C30H40N6O3. The molecule has 39 heavy (non-hydrogen) atoms. The second-order valence-electron chi connectivity index (χ2n) is 10.9. The zero-order valence-corrected chi connectivity index (χ0v) is 24.0. The van der Waals surface area contributed by atoms with Crippen LogP contribution in [0.3, 0.4) is 0 Å². The lowest BCUT2D eigenvalue weighted by Crippen LogP contribution is -2.49. The van der Waals surface area contributed by atoms with Crippen LogP contribution in [0.4, 0.5) is 0 Å². The van der Waals surface area contributed by atoms with Gasteiger partial charge >= 0.3 is 0 Å². The lowest BCUT2D eigenvalue weighted by molar-refractivity contribution is -0.140. The predicted octanol–water partition coefficient (Wildman–Crippen LogP) is 4.63. The average Bonchev–Trinajstić information content (AvgIpc) is 3.41. The van der Waals surface area contributed by atoms with E-state index in [1.165, 1.54) is 6.92 Å². The summed E-state index contributed by atoms with van der Waals surface area (Å²) in [5, 5.41) is 8.33. The summed E-state index contributed by atoms with van der Waals surface area (Å²) < 4.78 is 1.62. The van der Waals surface area contributed by atoms with Gasteiger partial charge in [0.2, 0.25) is 11.8 Å². The summed E-state index contributed by atoms with van der Waals surface area (Å²) in [6.45, 7) is 12.1. The minimum absolute atomic E-state index is 0.0467. The summed E-state index contributed by atoms with van der Waals surface area (Å²) in [6, 6.07) is 3.34. The van der Waals surface area contributed by atoms with Crippen LogP contribution in [0.15, 0.2) is 24.5 Å². The molecular weight excluding hydrogens is 492 g/mol. The Bertz CT molecular complexity index is 1360. The molecule has 2 amide bonds. The van der Waals surface area contributed by atoms with Crippen LogP contribution in [-0.2, 0) is 16.1 Å². The number of fused-ring (bicyclic) bond motifs is 1. The molecule has 1 aliphatic rings. The molecule has 4 rings (SSSR count). The van der Waals surface area contributed by atoms with Crippen LogP contribution in [0, 0.1) is 19.8 Å². The van der Waals surface area contributed by atoms with Crippen molar-refractivity contribution in [1.82, 2.24) is 30.0 Å². The van der Waals surface area contributed by atoms with Crippen molar-refractivity contribution in [2.75, 3.05) is 6.54 Å². The van der Waals surface area contributed by atoms with Crippen molar-refractivity contribution in [3.63, 3.8) is 0 Å². The highest BCUT2D eigenvalue weighted by molar-refractivity contribution is 6.07. The topological polar surface area (TPSA) is 110 Å². The Labute approximate surface area is 230 Å². The van der Waals surface area contributed by atoms with Crippen LogP contribution in [0.25, 0.3) is 22.0 Å². The van der Waals surface area contributed by atoms with E-state index in [0.717, 1.165) is 47.9 Å². The van der Waals surface area contributed by atoms with E-state index in [0.29, 0.717) is 29.9 Å². The van der Waals surface area contributed by atoms with Crippen molar-refractivity contribution in [3.8, 4) is 11.1 Å². The third-order valence-corrected chi connectivity index (χ3v) is 7.88. The quantitative estimate of drug-likeness (QED) is 0.301. The number of carbonyl (C=O) groups excluding carboxylic acids is 3. The molecule has 1 N–H and O–H groups in total. The van der Waals surface area contributed by atoms with E-state index in [2.05, 4.69) is 34.2 Å². The van der Waals surface area contributed by atoms with Crippen molar-refractivity contribution >= 4 is 28.5 Å². The fourth-order valence-electron chi connectivity index (χ4n) is 5.56. The number of aromatic nitrogens is 4. The highest BCUT2D eigenvalue weighted by atomic mass is 16.2. The number of benzene rings is 1. The Morgan fingerprint density at radius 1 is 1.03 bits per heavy atom. The van der Waals surface area contributed by atoms with Crippen LogP contribution in [0.2, 0.25) is 0 Å². The van der Waals surface area contributed by atoms with Gasteiger partial charge in [0.15, 0.2) is 5.78 Å². The molecule has 9 heteroatoms. The molecule has 0 spiro atoms. The molecule has 0 unspecified atom stereocenters. The van der Waals surface area contributed by atoms with Crippen molar-refractivity contribution < 1.29 is 14.4 Å². The molecule has 1 aromatic carbocycles. The lowest BCUT2D eigenvalue weighted by atomic mass is 10.0. The van der Waals surface area contributed by atoms with Crippen LogP contribution in [-0.4, -0.2) is 60.9 Å². The van der Waals surface area contributed by atoms with Gasteiger partial charge in [0.25, 0.3) is 0 Å². The van der Waals surface area contributed by atoms with Gasteiger partial charge in [0.05, 0.1) is 5.52 Å². The van der Waals surface area contributed by atoms with Gasteiger partial charge in [-0.3, -0.25) is 19.1 Å². The Hall–Kier alpha value is -3.62.